The van der Waals surface area contributed by atoms with Crippen LogP contribution in [0.15, 0.2) is 48.5 Å². The first-order chi connectivity index (χ1) is 12.7. The van der Waals surface area contributed by atoms with Gasteiger partial charge < -0.3 is 9.84 Å². The van der Waals surface area contributed by atoms with E-state index < -0.39 is 6.10 Å². The summed E-state index contributed by atoms with van der Waals surface area (Å²) in [5.74, 6) is 0.0798. The highest BCUT2D eigenvalue weighted by atomic mass is 16.6. The highest BCUT2D eigenvalue weighted by molar-refractivity contribution is 5.79. The Hall–Kier alpha value is -2.33. The molecule has 1 saturated carbocycles. The fourth-order valence-corrected chi connectivity index (χ4v) is 5.01. The smallest absolute Gasteiger partial charge is 0.410 e. The van der Waals surface area contributed by atoms with E-state index in [-0.39, 0.29) is 17.6 Å². The van der Waals surface area contributed by atoms with Crippen LogP contribution in [0.1, 0.15) is 42.7 Å². The maximum absolute atomic E-state index is 12.8. The van der Waals surface area contributed by atoms with Gasteiger partial charge in [0.1, 0.15) is 6.61 Å². The summed E-state index contributed by atoms with van der Waals surface area (Å²) in [4.78, 5) is 14.6. The van der Waals surface area contributed by atoms with Crippen molar-refractivity contribution in [2.75, 3.05) is 13.2 Å². The van der Waals surface area contributed by atoms with Gasteiger partial charge in [-0.1, -0.05) is 48.5 Å². The topological polar surface area (TPSA) is 49.8 Å². The highest BCUT2D eigenvalue weighted by Gasteiger charge is 2.54. The Kier molecular flexibility index (Phi) is 3.57. The van der Waals surface area contributed by atoms with Crippen LogP contribution in [0.4, 0.5) is 4.79 Å². The quantitative estimate of drug-likeness (QED) is 0.894. The number of carbonyl (C=O) groups excluding carboxylic acids is 1. The molecule has 0 aromatic heterocycles. The largest absolute Gasteiger partial charge is 0.448 e. The van der Waals surface area contributed by atoms with Crippen molar-refractivity contribution in [2.45, 2.75) is 43.2 Å². The van der Waals surface area contributed by atoms with Gasteiger partial charge in [-0.3, -0.25) is 4.90 Å². The zero-order valence-corrected chi connectivity index (χ0v) is 14.7. The minimum atomic E-state index is -0.406. The molecule has 2 aromatic carbocycles. The van der Waals surface area contributed by atoms with Crippen LogP contribution in [0.25, 0.3) is 11.1 Å². The SMILES string of the molecule is O=C(OCC1c2ccccc2-c2ccccc21)N1CCC(O)C12CCC2. The third-order valence-electron chi connectivity index (χ3n) is 6.56. The van der Waals surface area contributed by atoms with Gasteiger partial charge in [-0.05, 0) is 47.9 Å². The molecule has 2 aromatic rings. The minimum absolute atomic E-state index is 0.0798. The first-order valence-electron chi connectivity index (χ1n) is 9.51. The van der Waals surface area contributed by atoms with Crippen molar-refractivity contribution in [3.8, 4) is 11.1 Å². The second-order valence-corrected chi connectivity index (χ2v) is 7.72. The number of likely N-dealkylation sites (tertiary alicyclic amines) is 1. The lowest BCUT2D eigenvalue weighted by Crippen LogP contribution is -2.57. The molecule has 0 radical (unpaired) electrons. The van der Waals surface area contributed by atoms with Crippen molar-refractivity contribution in [3.63, 3.8) is 0 Å². The van der Waals surface area contributed by atoms with E-state index in [1.165, 1.54) is 22.3 Å². The number of benzene rings is 2. The zero-order valence-electron chi connectivity index (χ0n) is 14.7. The maximum Gasteiger partial charge on any atom is 0.410 e. The molecule has 1 amide bonds. The van der Waals surface area contributed by atoms with Crippen molar-refractivity contribution in [3.05, 3.63) is 59.7 Å². The van der Waals surface area contributed by atoms with Crippen LogP contribution in [-0.2, 0) is 4.74 Å². The van der Waals surface area contributed by atoms with Crippen LogP contribution >= 0.6 is 0 Å². The number of nitrogens with zero attached hydrogens (tertiary/aromatic N) is 1. The lowest BCUT2D eigenvalue weighted by Gasteiger charge is -2.46. The molecule has 134 valence electrons. The third-order valence-corrected chi connectivity index (χ3v) is 6.56. The summed E-state index contributed by atoms with van der Waals surface area (Å²) in [7, 11) is 0. The molecule has 2 aliphatic carbocycles. The summed E-state index contributed by atoms with van der Waals surface area (Å²) in [6, 6.07) is 16.7. The molecule has 1 heterocycles. The van der Waals surface area contributed by atoms with E-state index in [1.807, 2.05) is 12.1 Å². The number of hydrogen-bond acceptors (Lipinski definition) is 3. The Balaban J connectivity index is 1.37. The summed E-state index contributed by atoms with van der Waals surface area (Å²) in [6.07, 6.45) is 2.82. The van der Waals surface area contributed by atoms with Crippen molar-refractivity contribution >= 4 is 6.09 Å². The molecule has 0 bridgehead atoms. The number of aliphatic hydroxyl groups is 1. The summed E-state index contributed by atoms with van der Waals surface area (Å²) >= 11 is 0. The van der Waals surface area contributed by atoms with Crippen molar-refractivity contribution < 1.29 is 14.6 Å². The lowest BCUT2D eigenvalue weighted by molar-refractivity contribution is -0.0284. The summed E-state index contributed by atoms with van der Waals surface area (Å²) < 4.78 is 5.78. The van der Waals surface area contributed by atoms with Gasteiger partial charge in [0, 0.05) is 12.5 Å². The van der Waals surface area contributed by atoms with Crippen LogP contribution in [0.5, 0.6) is 0 Å². The Morgan fingerprint density at radius 3 is 2.27 bits per heavy atom. The molecule has 4 heteroatoms. The van der Waals surface area contributed by atoms with Gasteiger partial charge in [-0.15, -0.1) is 0 Å². The van der Waals surface area contributed by atoms with Crippen LogP contribution in [-0.4, -0.2) is 40.9 Å². The second kappa shape index (κ2) is 5.85. The predicted octanol–water partition coefficient (Wildman–Crippen LogP) is 3.92. The van der Waals surface area contributed by atoms with Crippen molar-refractivity contribution in [2.24, 2.45) is 0 Å². The normalized spacial score (nSPS) is 22.8. The van der Waals surface area contributed by atoms with Crippen LogP contribution in [0.3, 0.4) is 0 Å². The maximum atomic E-state index is 12.8. The summed E-state index contributed by atoms with van der Waals surface area (Å²) in [5.41, 5.74) is 4.55. The molecule has 4 nitrogen and oxygen atoms in total. The number of rotatable bonds is 2. The summed E-state index contributed by atoms with van der Waals surface area (Å²) in [6.45, 7) is 0.938. The Morgan fingerprint density at radius 2 is 1.69 bits per heavy atom. The monoisotopic (exact) mass is 349 g/mol. The number of hydrogen-bond donors (Lipinski definition) is 1. The standard InChI is InChI=1S/C22H23NO3/c24-20-10-13-23(22(20)11-5-12-22)21(25)26-14-19-17-8-3-1-6-15(17)16-7-2-4-9-18(16)19/h1-4,6-9,19-20,24H,5,10-14H2. The molecule has 1 aliphatic heterocycles. The van der Waals surface area contributed by atoms with Crippen LogP contribution in [0.2, 0.25) is 0 Å². The predicted molar refractivity (Wildman–Crippen MR) is 99.0 cm³/mol. The molecule has 1 atom stereocenters. The van der Waals surface area contributed by atoms with Crippen molar-refractivity contribution in [1.82, 2.24) is 4.90 Å². The Morgan fingerprint density at radius 1 is 1.08 bits per heavy atom. The minimum Gasteiger partial charge on any atom is -0.448 e. The average molecular weight is 349 g/mol. The molecule has 1 saturated heterocycles. The van der Waals surface area contributed by atoms with E-state index in [9.17, 15) is 9.90 Å². The van der Waals surface area contributed by atoms with Gasteiger partial charge in [0.2, 0.25) is 0 Å². The Labute approximate surface area is 153 Å². The fourth-order valence-electron chi connectivity index (χ4n) is 5.01. The van der Waals surface area contributed by atoms with Gasteiger partial charge in [-0.25, -0.2) is 4.79 Å². The van der Waals surface area contributed by atoms with Gasteiger partial charge in [0.15, 0.2) is 0 Å². The van der Waals surface area contributed by atoms with Crippen LogP contribution < -0.4 is 0 Å². The van der Waals surface area contributed by atoms with E-state index in [4.69, 9.17) is 4.74 Å². The molecule has 26 heavy (non-hydrogen) atoms. The van der Waals surface area contributed by atoms with Gasteiger partial charge in [-0.2, -0.15) is 0 Å². The molecule has 3 aliphatic rings. The molecular weight excluding hydrogens is 326 g/mol. The number of aliphatic hydroxyl groups excluding tert-OH is 1. The summed E-state index contributed by atoms with van der Waals surface area (Å²) in [5, 5.41) is 10.3. The molecule has 1 spiro atoms. The van der Waals surface area contributed by atoms with E-state index >= 15 is 0 Å². The van der Waals surface area contributed by atoms with E-state index in [2.05, 4.69) is 36.4 Å². The van der Waals surface area contributed by atoms with Crippen molar-refractivity contribution in [1.29, 1.82) is 0 Å². The first-order valence-corrected chi connectivity index (χ1v) is 9.51. The van der Waals surface area contributed by atoms with Gasteiger partial charge in [0.25, 0.3) is 0 Å². The molecule has 2 fully saturated rings. The van der Waals surface area contributed by atoms with E-state index in [0.29, 0.717) is 19.6 Å². The first kappa shape index (κ1) is 15.9. The Bertz CT molecular complexity index is 812. The molecule has 1 N–H and O–H groups in total. The van der Waals surface area contributed by atoms with Crippen LogP contribution in [0, 0.1) is 0 Å². The number of ether oxygens (including phenoxy) is 1. The highest BCUT2D eigenvalue weighted by Crippen LogP contribution is 2.47. The van der Waals surface area contributed by atoms with Gasteiger partial charge >= 0.3 is 6.09 Å². The molecule has 5 rings (SSSR count). The van der Waals surface area contributed by atoms with E-state index in [1.54, 1.807) is 4.90 Å². The average Bonchev–Trinajstić information content (AvgIpc) is 3.15. The van der Waals surface area contributed by atoms with E-state index in [0.717, 1.165) is 19.3 Å². The molecule has 1 unspecified atom stereocenters. The number of carbonyl (C=O) groups is 1. The number of fused-ring (bicyclic) bond motifs is 3. The fraction of sp³-hybridized carbons (Fsp3) is 0.409. The second-order valence-electron chi connectivity index (χ2n) is 7.72. The zero-order chi connectivity index (χ0) is 17.7. The number of amides is 1. The van der Waals surface area contributed by atoms with Gasteiger partial charge in [0.05, 0.1) is 11.6 Å². The third kappa shape index (κ3) is 2.15. The molecular formula is C22H23NO3. The lowest BCUT2D eigenvalue weighted by atomic mass is 9.73.